The van der Waals surface area contributed by atoms with Gasteiger partial charge in [-0.3, -0.25) is 9.69 Å². The summed E-state index contributed by atoms with van der Waals surface area (Å²) in [4.78, 5) is 15.0. The molecule has 1 saturated heterocycles. The summed E-state index contributed by atoms with van der Waals surface area (Å²) in [6.45, 7) is 5.28. The third kappa shape index (κ3) is 3.71. The molecule has 0 aliphatic carbocycles. The van der Waals surface area contributed by atoms with Crippen molar-refractivity contribution in [3.8, 4) is 0 Å². The van der Waals surface area contributed by atoms with Crippen LogP contribution in [-0.4, -0.2) is 41.3 Å². The van der Waals surface area contributed by atoms with Crippen LogP contribution in [0.3, 0.4) is 0 Å². The molecule has 1 aromatic heterocycles. The van der Waals surface area contributed by atoms with E-state index in [1.54, 1.807) is 0 Å². The van der Waals surface area contributed by atoms with E-state index in [2.05, 4.69) is 74.3 Å². The van der Waals surface area contributed by atoms with E-state index >= 15 is 0 Å². The average Bonchev–Trinajstić information content (AvgIpc) is 2.87. The molecule has 3 heterocycles. The first-order valence-electron chi connectivity index (χ1n) is 11.6. The Bertz CT molecular complexity index is 1330. The highest BCUT2D eigenvalue weighted by Gasteiger charge is 2.34. The van der Waals surface area contributed by atoms with E-state index in [-0.39, 0.29) is 17.5 Å². The Morgan fingerprint density at radius 3 is 2.45 bits per heavy atom. The van der Waals surface area contributed by atoms with E-state index in [0.717, 1.165) is 49.5 Å². The number of piperazine rings is 1. The van der Waals surface area contributed by atoms with Gasteiger partial charge in [-0.2, -0.15) is 5.10 Å². The number of aromatic nitrogens is 2. The summed E-state index contributed by atoms with van der Waals surface area (Å²) in [5, 5.41) is 16.1. The van der Waals surface area contributed by atoms with Crippen molar-refractivity contribution in [2.45, 2.75) is 18.5 Å². The van der Waals surface area contributed by atoms with E-state index in [9.17, 15) is 4.79 Å². The monoisotopic (exact) mass is 437 g/mol. The van der Waals surface area contributed by atoms with Crippen LogP contribution in [0.25, 0.3) is 10.8 Å². The van der Waals surface area contributed by atoms with Gasteiger partial charge in [0.1, 0.15) is 0 Å². The van der Waals surface area contributed by atoms with Gasteiger partial charge in [0, 0.05) is 43.8 Å². The Hall–Kier alpha value is -3.48. The molecule has 4 aromatic rings. The second-order valence-electron chi connectivity index (χ2n) is 8.94. The highest BCUT2D eigenvalue weighted by atomic mass is 16.1. The Morgan fingerprint density at radius 2 is 1.67 bits per heavy atom. The van der Waals surface area contributed by atoms with E-state index in [0.29, 0.717) is 5.39 Å². The molecule has 33 heavy (non-hydrogen) atoms. The summed E-state index contributed by atoms with van der Waals surface area (Å²) < 4.78 is 0. The summed E-state index contributed by atoms with van der Waals surface area (Å²) in [6, 6.07) is 25.3. The molecule has 2 unspecified atom stereocenters. The van der Waals surface area contributed by atoms with E-state index in [1.807, 2.05) is 24.3 Å². The largest absolute Gasteiger partial charge is 0.377 e. The van der Waals surface area contributed by atoms with Gasteiger partial charge < -0.3 is 10.6 Å². The molecule has 6 rings (SSSR count). The molecule has 2 atom stereocenters. The molecule has 6 heteroatoms. The fraction of sp³-hybridized carbons (Fsp3) is 0.259. The number of rotatable bonds is 4. The predicted octanol–water partition coefficient (Wildman–Crippen LogP) is 3.63. The Balaban J connectivity index is 1.40. The van der Waals surface area contributed by atoms with Gasteiger partial charge in [0.25, 0.3) is 5.56 Å². The minimum atomic E-state index is -0.153. The first-order valence-corrected chi connectivity index (χ1v) is 11.6. The minimum absolute atomic E-state index is 0.0112. The number of nitrogens with zero attached hydrogens (tertiary/aromatic N) is 2. The van der Waals surface area contributed by atoms with Crippen LogP contribution >= 0.6 is 0 Å². The van der Waals surface area contributed by atoms with Crippen molar-refractivity contribution in [3.63, 3.8) is 0 Å². The van der Waals surface area contributed by atoms with Gasteiger partial charge in [-0.1, -0.05) is 60.7 Å². The molecule has 0 amide bonds. The van der Waals surface area contributed by atoms with E-state index in [4.69, 9.17) is 0 Å². The number of hydrogen-bond donors (Lipinski definition) is 3. The van der Waals surface area contributed by atoms with Crippen molar-refractivity contribution in [1.29, 1.82) is 0 Å². The Morgan fingerprint density at radius 1 is 0.879 bits per heavy atom. The van der Waals surface area contributed by atoms with Gasteiger partial charge in [-0.15, -0.1) is 0 Å². The van der Waals surface area contributed by atoms with Crippen LogP contribution in [0.4, 0.5) is 5.69 Å². The van der Waals surface area contributed by atoms with Crippen LogP contribution in [-0.2, 0) is 6.54 Å². The second kappa shape index (κ2) is 8.46. The summed E-state index contributed by atoms with van der Waals surface area (Å²) in [7, 11) is 0. The third-order valence-electron chi connectivity index (χ3n) is 6.90. The zero-order valence-electron chi connectivity index (χ0n) is 18.4. The van der Waals surface area contributed by atoms with Crippen molar-refractivity contribution < 1.29 is 0 Å². The molecule has 0 radical (unpaired) electrons. The lowest BCUT2D eigenvalue weighted by molar-refractivity contribution is 0.233. The van der Waals surface area contributed by atoms with Gasteiger partial charge in [0.15, 0.2) is 0 Å². The van der Waals surface area contributed by atoms with E-state index in [1.165, 1.54) is 16.7 Å². The summed E-state index contributed by atoms with van der Waals surface area (Å²) >= 11 is 0. The maximum Gasteiger partial charge on any atom is 0.272 e. The average molecular weight is 438 g/mol. The van der Waals surface area contributed by atoms with Crippen LogP contribution < -0.4 is 16.2 Å². The molecule has 0 saturated carbocycles. The van der Waals surface area contributed by atoms with Crippen molar-refractivity contribution in [2.75, 3.05) is 31.5 Å². The fourth-order valence-corrected chi connectivity index (χ4v) is 5.24. The first-order chi connectivity index (χ1) is 16.3. The van der Waals surface area contributed by atoms with Crippen LogP contribution in [0.2, 0.25) is 0 Å². The summed E-state index contributed by atoms with van der Waals surface area (Å²) in [6.07, 6.45) is 0. The number of benzene rings is 3. The molecule has 2 aliphatic rings. The standard InChI is InChI=1S/C27H27N5O/c33-27-21-7-4-8-22-24(21)26(30-31-27)23(19-5-2-1-3-6-19)25(29-22)20-11-9-18(10-12-20)17-32-15-13-28-14-16-32/h1-12,23,25,28-29H,13-17H2,(H,31,33). The topological polar surface area (TPSA) is 73.0 Å². The van der Waals surface area contributed by atoms with Gasteiger partial charge >= 0.3 is 0 Å². The molecule has 166 valence electrons. The minimum Gasteiger partial charge on any atom is -0.377 e. The lowest BCUT2D eigenvalue weighted by atomic mass is 9.80. The molecule has 6 nitrogen and oxygen atoms in total. The lowest BCUT2D eigenvalue weighted by Gasteiger charge is -2.35. The highest BCUT2D eigenvalue weighted by Crippen LogP contribution is 2.46. The number of nitrogens with one attached hydrogen (secondary N) is 3. The molecule has 1 fully saturated rings. The first kappa shape index (κ1) is 20.1. The second-order valence-corrected chi connectivity index (χ2v) is 8.94. The molecule has 0 bridgehead atoms. The molecule has 3 aromatic carbocycles. The maximum atomic E-state index is 12.5. The lowest BCUT2D eigenvalue weighted by Crippen LogP contribution is -2.42. The number of hydrogen-bond acceptors (Lipinski definition) is 5. The van der Waals surface area contributed by atoms with Gasteiger partial charge in [-0.05, 0) is 28.8 Å². The Labute approximate surface area is 192 Å². The van der Waals surface area contributed by atoms with Gasteiger partial charge in [0.05, 0.1) is 23.0 Å². The van der Waals surface area contributed by atoms with Crippen LogP contribution in [0.15, 0.2) is 77.6 Å². The number of H-pyrrole nitrogens is 1. The zero-order valence-corrected chi connectivity index (χ0v) is 18.4. The van der Waals surface area contributed by atoms with Crippen LogP contribution in [0.1, 0.15) is 34.3 Å². The van der Waals surface area contributed by atoms with Gasteiger partial charge in [-0.25, -0.2) is 5.10 Å². The fourth-order valence-electron chi connectivity index (χ4n) is 5.24. The molecule has 3 N–H and O–H groups in total. The SMILES string of the molecule is O=c1[nH]nc2c3c(cccc13)NC(c1ccc(CN3CCNCC3)cc1)C2c1ccccc1. The molecule has 2 aliphatic heterocycles. The molecular formula is C27H27N5O. The maximum absolute atomic E-state index is 12.5. The molecular weight excluding hydrogens is 410 g/mol. The van der Waals surface area contributed by atoms with Crippen molar-refractivity contribution in [1.82, 2.24) is 20.4 Å². The normalized spacial score (nSPS) is 20.5. The zero-order chi connectivity index (χ0) is 22.2. The number of aromatic amines is 1. The Kier molecular flexibility index (Phi) is 5.17. The van der Waals surface area contributed by atoms with E-state index < -0.39 is 0 Å². The van der Waals surface area contributed by atoms with Gasteiger partial charge in [0.2, 0.25) is 0 Å². The van der Waals surface area contributed by atoms with Crippen molar-refractivity contribution in [3.05, 3.63) is 106 Å². The van der Waals surface area contributed by atoms with Crippen molar-refractivity contribution >= 4 is 16.5 Å². The van der Waals surface area contributed by atoms with Crippen LogP contribution in [0.5, 0.6) is 0 Å². The molecule has 0 spiro atoms. The summed E-state index contributed by atoms with van der Waals surface area (Å²) in [5.41, 5.74) is 5.44. The van der Waals surface area contributed by atoms with Crippen molar-refractivity contribution in [2.24, 2.45) is 0 Å². The predicted molar refractivity (Wildman–Crippen MR) is 132 cm³/mol. The summed E-state index contributed by atoms with van der Waals surface area (Å²) in [5.74, 6) is -0.0144. The van der Waals surface area contributed by atoms with Crippen LogP contribution in [0, 0.1) is 0 Å². The smallest absolute Gasteiger partial charge is 0.272 e. The number of anilines is 1. The quantitative estimate of drug-likeness (QED) is 0.455. The highest BCUT2D eigenvalue weighted by molar-refractivity contribution is 5.97. The third-order valence-corrected chi connectivity index (χ3v) is 6.90.